The molecule has 0 unspecified atom stereocenters. The van der Waals surface area contributed by atoms with Gasteiger partial charge in [0.15, 0.2) is 0 Å². The Bertz CT molecular complexity index is 554. The van der Waals surface area contributed by atoms with Gasteiger partial charge in [-0.15, -0.1) is 0 Å². The van der Waals surface area contributed by atoms with E-state index in [4.69, 9.17) is 9.31 Å². The van der Waals surface area contributed by atoms with Gasteiger partial charge in [0.1, 0.15) is 0 Å². The molecule has 0 atom stereocenters. The van der Waals surface area contributed by atoms with Gasteiger partial charge in [-0.05, 0) is 44.8 Å². The highest BCUT2D eigenvalue weighted by Gasteiger charge is 2.52. The van der Waals surface area contributed by atoms with E-state index in [1.807, 2.05) is 27.7 Å². The van der Waals surface area contributed by atoms with Crippen LogP contribution in [0.3, 0.4) is 0 Å². The van der Waals surface area contributed by atoms with Crippen molar-refractivity contribution in [1.82, 2.24) is 0 Å². The molecular formula is C16H21BF2O3. The lowest BCUT2D eigenvalue weighted by Gasteiger charge is -2.32. The Hall–Kier alpha value is -1.24. The third-order valence-electron chi connectivity index (χ3n) is 4.25. The van der Waals surface area contributed by atoms with Crippen LogP contribution in [0.2, 0.25) is 0 Å². The molecule has 0 aromatic heterocycles. The Labute approximate surface area is 130 Å². The van der Waals surface area contributed by atoms with Crippen molar-refractivity contribution in [3.63, 3.8) is 0 Å². The van der Waals surface area contributed by atoms with Gasteiger partial charge in [-0.25, -0.2) is 8.78 Å². The minimum absolute atomic E-state index is 0.0556. The molecular weight excluding hydrogens is 289 g/mol. The molecule has 6 heteroatoms. The van der Waals surface area contributed by atoms with Crippen molar-refractivity contribution in [2.45, 2.75) is 45.3 Å². The maximum Gasteiger partial charge on any atom is 0.492 e. The molecule has 1 aliphatic rings. The van der Waals surface area contributed by atoms with Gasteiger partial charge in [0, 0.05) is 5.56 Å². The minimum Gasteiger partial charge on any atom is -0.400 e. The Morgan fingerprint density at radius 2 is 1.82 bits per heavy atom. The first-order valence-corrected chi connectivity index (χ1v) is 7.21. The Morgan fingerprint density at radius 3 is 2.32 bits per heavy atom. The highest BCUT2D eigenvalue weighted by molar-refractivity contribution is 6.55. The fourth-order valence-corrected chi connectivity index (χ4v) is 2.18. The second-order valence-electron chi connectivity index (χ2n) is 6.44. The fraction of sp³-hybridized carbons (Fsp3) is 0.500. The van der Waals surface area contributed by atoms with Crippen molar-refractivity contribution in [2.24, 2.45) is 0 Å². The number of hydrogen-bond acceptors (Lipinski definition) is 3. The average molecular weight is 310 g/mol. The molecule has 0 bridgehead atoms. The van der Waals surface area contributed by atoms with Crippen LogP contribution in [0.15, 0.2) is 29.7 Å². The summed E-state index contributed by atoms with van der Waals surface area (Å²) >= 11 is 0. The Balaban J connectivity index is 2.27. The van der Waals surface area contributed by atoms with E-state index in [9.17, 15) is 13.9 Å². The first-order valence-electron chi connectivity index (χ1n) is 7.21. The van der Waals surface area contributed by atoms with E-state index >= 15 is 0 Å². The molecule has 0 aliphatic carbocycles. The number of aliphatic hydroxyl groups is 1. The molecule has 1 saturated heterocycles. The quantitative estimate of drug-likeness (QED) is 0.863. The second-order valence-corrected chi connectivity index (χ2v) is 6.44. The van der Waals surface area contributed by atoms with Crippen molar-refractivity contribution in [2.75, 3.05) is 6.61 Å². The summed E-state index contributed by atoms with van der Waals surface area (Å²) in [5, 5.41) is 9.59. The number of aliphatic hydroxyl groups excluding tert-OH is 1. The van der Waals surface area contributed by atoms with Crippen LogP contribution in [0.1, 0.15) is 45.2 Å². The van der Waals surface area contributed by atoms with Crippen LogP contribution in [0.25, 0.3) is 6.08 Å². The third-order valence-corrected chi connectivity index (χ3v) is 4.25. The minimum atomic E-state index is -2.53. The molecule has 0 spiro atoms. The maximum absolute atomic E-state index is 12.8. The molecule has 2 rings (SSSR count). The van der Waals surface area contributed by atoms with Crippen molar-refractivity contribution < 1.29 is 23.2 Å². The van der Waals surface area contributed by atoms with Crippen LogP contribution >= 0.6 is 0 Å². The number of hydrogen-bond donors (Lipinski definition) is 1. The smallest absolute Gasteiger partial charge is 0.400 e. The lowest BCUT2D eigenvalue weighted by Crippen LogP contribution is -2.41. The van der Waals surface area contributed by atoms with Crippen LogP contribution in [-0.2, 0) is 9.31 Å². The zero-order chi connectivity index (χ0) is 16.5. The lowest BCUT2D eigenvalue weighted by molar-refractivity contribution is 0.00578. The van der Waals surface area contributed by atoms with E-state index in [-0.39, 0.29) is 12.2 Å². The second kappa shape index (κ2) is 6.10. The normalized spacial score (nSPS) is 20.7. The van der Waals surface area contributed by atoms with E-state index < -0.39 is 24.7 Å². The summed E-state index contributed by atoms with van der Waals surface area (Å²) in [5.41, 5.74) is -0.00498. The van der Waals surface area contributed by atoms with E-state index in [2.05, 4.69) is 0 Å². The van der Waals surface area contributed by atoms with Crippen molar-refractivity contribution in [1.29, 1.82) is 0 Å². The average Bonchev–Trinajstić information content (AvgIpc) is 2.65. The van der Waals surface area contributed by atoms with Gasteiger partial charge in [0.2, 0.25) is 0 Å². The third kappa shape index (κ3) is 3.40. The molecule has 1 N–H and O–H groups in total. The van der Waals surface area contributed by atoms with Crippen LogP contribution in [-0.4, -0.2) is 30.0 Å². The summed E-state index contributed by atoms with van der Waals surface area (Å²) in [6.45, 7) is 7.40. The first-order chi connectivity index (χ1) is 10.2. The molecule has 1 aliphatic heterocycles. The predicted octanol–water partition coefficient (Wildman–Crippen LogP) is 3.63. The van der Waals surface area contributed by atoms with Gasteiger partial charge in [-0.1, -0.05) is 24.3 Å². The molecule has 0 amide bonds. The summed E-state index contributed by atoms with van der Waals surface area (Å²) in [7, 11) is -0.690. The molecule has 1 fully saturated rings. The summed E-state index contributed by atoms with van der Waals surface area (Å²) in [6, 6.07) is 6.03. The van der Waals surface area contributed by atoms with Crippen LogP contribution < -0.4 is 0 Å². The molecule has 1 heterocycles. The van der Waals surface area contributed by atoms with E-state index in [1.165, 1.54) is 12.1 Å². The Kier molecular flexibility index (Phi) is 4.75. The van der Waals surface area contributed by atoms with Gasteiger partial charge in [-0.3, -0.25) is 0 Å². The number of benzene rings is 1. The number of halogens is 2. The van der Waals surface area contributed by atoms with Gasteiger partial charge >= 0.3 is 7.12 Å². The number of rotatable bonds is 4. The summed E-state index contributed by atoms with van der Waals surface area (Å²) in [5.74, 6) is 0. The highest BCUT2D eigenvalue weighted by atomic mass is 19.3. The summed E-state index contributed by atoms with van der Waals surface area (Å²) < 4.78 is 37.2. The molecule has 0 radical (unpaired) electrons. The fourth-order valence-electron chi connectivity index (χ4n) is 2.18. The monoisotopic (exact) mass is 310 g/mol. The van der Waals surface area contributed by atoms with Crippen molar-refractivity contribution in [3.05, 3.63) is 40.9 Å². The van der Waals surface area contributed by atoms with Crippen LogP contribution in [0.5, 0.6) is 0 Å². The van der Waals surface area contributed by atoms with Crippen LogP contribution in [0, 0.1) is 0 Å². The zero-order valence-electron chi connectivity index (χ0n) is 13.3. The lowest BCUT2D eigenvalue weighted by atomic mass is 9.77. The number of alkyl halides is 2. The first kappa shape index (κ1) is 17.1. The topological polar surface area (TPSA) is 38.7 Å². The summed E-state index contributed by atoms with van der Waals surface area (Å²) in [4.78, 5) is 0. The molecule has 120 valence electrons. The Morgan fingerprint density at radius 1 is 1.23 bits per heavy atom. The standard InChI is InChI=1S/C16H21BF2O3/c1-15(2)16(3,4)22-17(21-15)13(10-20)9-11-6-5-7-12(8-11)14(18)19/h5-9,14,20H,10H2,1-4H3. The van der Waals surface area contributed by atoms with Crippen molar-refractivity contribution in [3.8, 4) is 0 Å². The van der Waals surface area contributed by atoms with Crippen LogP contribution in [0.4, 0.5) is 8.78 Å². The predicted molar refractivity (Wildman–Crippen MR) is 82.5 cm³/mol. The maximum atomic E-state index is 12.8. The van der Waals surface area contributed by atoms with E-state index in [1.54, 1.807) is 18.2 Å². The van der Waals surface area contributed by atoms with Gasteiger partial charge in [-0.2, -0.15) is 0 Å². The van der Waals surface area contributed by atoms with Crippen molar-refractivity contribution >= 4 is 13.2 Å². The zero-order valence-corrected chi connectivity index (χ0v) is 13.3. The molecule has 22 heavy (non-hydrogen) atoms. The molecule has 1 aromatic rings. The molecule has 3 nitrogen and oxygen atoms in total. The van der Waals surface area contributed by atoms with Gasteiger partial charge < -0.3 is 14.4 Å². The molecule has 0 saturated carbocycles. The SMILES string of the molecule is CC1(C)OB(C(=Cc2cccc(C(F)F)c2)CO)OC1(C)C. The van der Waals surface area contributed by atoms with E-state index in [0.717, 1.165) is 0 Å². The van der Waals surface area contributed by atoms with Gasteiger partial charge in [0.05, 0.1) is 17.8 Å². The summed E-state index contributed by atoms with van der Waals surface area (Å²) in [6.07, 6.45) is -0.892. The molecule has 1 aromatic carbocycles. The largest absolute Gasteiger partial charge is 0.492 e. The highest BCUT2D eigenvalue weighted by Crippen LogP contribution is 2.38. The van der Waals surface area contributed by atoms with E-state index in [0.29, 0.717) is 11.0 Å². The van der Waals surface area contributed by atoms with Gasteiger partial charge in [0.25, 0.3) is 6.43 Å².